The van der Waals surface area contributed by atoms with Gasteiger partial charge in [-0.15, -0.1) is 0 Å². The van der Waals surface area contributed by atoms with Crippen LogP contribution in [-0.4, -0.2) is 25.1 Å². The fraction of sp³-hybridized carbons (Fsp3) is 0.667. The van der Waals surface area contributed by atoms with Crippen LogP contribution in [0.25, 0.3) is 0 Å². The molecule has 0 aliphatic carbocycles. The standard InChI is InChI=1S/C15H24ClN3/c1-11(2)12-6-8-19(9-7-12)15-5-4-13(16)14(18-15)10-17-3/h4-5,11-12,17H,6-10H2,1-3H3. The van der Waals surface area contributed by atoms with E-state index in [2.05, 4.69) is 29.0 Å². The molecule has 0 unspecified atom stereocenters. The van der Waals surface area contributed by atoms with Crippen molar-refractivity contribution in [2.45, 2.75) is 33.2 Å². The van der Waals surface area contributed by atoms with Crippen LogP contribution in [0.4, 0.5) is 5.82 Å². The second kappa shape index (κ2) is 6.58. The number of anilines is 1. The molecule has 19 heavy (non-hydrogen) atoms. The number of nitrogens with one attached hydrogen (secondary N) is 1. The zero-order chi connectivity index (χ0) is 13.8. The van der Waals surface area contributed by atoms with Crippen molar-refractivity contribution in [2.75, 3.05) is 25.0 Å². The van der Waals surface area contributed by atoms with Crippen molar-refractivity contribution >= 4 is 17.4 Å². The summed E-state index contributed by atoms with van der Waals surface area (Å²) in [5.74, 6) is 2.72. The van der Waals surface area contributed by atoms with Gasteiger partial charge in [0.1, 0.15) is 5.82 Å². The summed E-state index contributed by atoms with van der Waals surface area (Å²) >= 11 is 6.16. The molecule has 106 valence electrons. The Hall–Kier alpha value is -0.800. The van der Waals surface area contributed by atoms with Crippen LogP contribution >= 0.6 is 11.6 Å². The van der Waals surface area contributed by atoms with Crippen molar-refractivity contribution < 1.29 is 0 Å². The predicted octanol–water partition coefficient (Wildman–Crippen LogP) is 3.33. The maximum atomic E-state index is 6.16. The maximum absolute atomic E-state index is 6.16. The highest BCUT2D eigenvalue weighted by Crippen LogP contribution is 2.28. The van der Waals surface area contributed by atoms with Crippen LogP contribution < -0.4 is 10.2 Å². The number of piperidine rings is 1. The molecule has 0 spiro atoms. The van der Waals surface area contributed by atoms with Gasteiger partial charge in [-0.1, -0.05) is 25.4 Å². The Balaban J connectivity index is 2.05. The summed E-state index contributed by atoms with van der Waals surface area (Å²) in [5.41, 5.74) is 0.938. The molecule has 2 heterocycles. The Kier molecular flexibility index (Phi) is 5.06. The van der Waals surface area contributed by atoms with E-state index in [1.165, 1.54) is 12.8 Å². The van der Waals surface area contributed by atoms with Crippen LogP contribution in [0.3, 0.4) is 0 Å². The Bertz CT molecular complexity index is 412. The lowest BCUT2D eigenvalue weighted by Gasteiger charge is -2.34. The van der Waals surface area contributed by atoms with Gasteiger partial charge in [0.15, 0.2) is 0 Å². The lowest BCUT2D eigenvalue weighted by atomic mass is 9.87. The summed E-state index contributed by atoms with van der Waals surface area (Å²) in [6.45, 7) is 7.58. The van der Waals surface area contributed by atoms with Gasteiger partial charge in [-0.2, -0.15) is 0 Å². The summed E-state index contributed by atoms with van der Waals surface area (Å²) in [7, 11) is 1.92. The quantitative estimate of drug-likeness (QED) is 0.918. The number of halogens is 1. The van der Waals surface area contributed by atoms with Crippen molar-refractivity contribution in [1.82, 2.24) is 10.3 Å². The molecule has 0 aromatic carbocycles. The number of rotatable bonds is 4. The highest BCUT2D eigenvalue weighted by molar-refractivity contribution is 6.31. The third-order valence-corrected chi connectivity index (χ3v) is 4.40. The predicted molar refractivity (Wildman–Crippen MR) is 81.8 cm³/mol. The first kappa shape index (κ1) is 14.6. The maximum Gasteiger partial charge on any atom is 0.128 e. The number of pyridine rings is 1. The lowest BCUT2D eigenvalue weighted by molar-refractivity contribution is 0.310. The van der Waals surface area contributed by atoms with Crippen molar-refractivity contribution in [3.63, 3.8) is 0 Å². The number of nitrogens with zero attached hydrogens (tertiary/aromatic N) is 2. The van der Waals surface area contributed by atoms with Gasteiger partial charge in [0.25, 0.3) is 0 Å². The van der Waals surface area contributed by atoms with Gasteiger partial charge in [-0.05, 0) is 43.9 Å². The van der Waals surface area contributed by atoms with Gasteiger partial charge >= 0.3 is 0 Å². The molecular formula is C15H24ClN3. The minimum absolute atomic E-state index is 0.717. The fourth-order valence-electron chi connectivity index (χ4n) is 2.74. The molecule has 1 aromatic rings. The molecule has 1 saturated heterocycles. The number of aromatic nitrogens is 1. The van der Waals surface area contributed by atoms with Gasteiger partial charge in [-0.25, -0.2) is 4.98 Å². The highest BCUT2D eigenvalue weighted by Gasteiger charge is 2.22. The molecular weight excluding hydrogens is 258 g/mol. The first-order valence-corrected chi connectivity index (χ1v) is 7.54. The van der Waals surface area contributed by atoms with E-state index in [1.54, 1.807) is 0 Å². The minimum Gasteiger partial charge on any atom is -0.357 e. The molecule has 1 aliphatic heterocycles. The van der Waals surface area contributed by atoms with Crippen molar-refractivity contribution in [1.29, 1.82) is 0 Å². The summed E-state index contributed by atoms with van der Waals surface area (Å²) < 4.78 is 0. The van der Waals surface area contributed by atoms with Crippen LogP contribution in [-0.2, 0) is 6.54 Å². The molecule has 0 radical (unpaired) electrons. The van der Waals surface area contributed by atoms with Gasteiger partial charge in [0.2, 0.25) is 0 Å². The van der Waals surface area contributed by atoms with E-state index in [9.17, 15) is 0 Å². The molecule has 1 aromatic heterocycles. The van der Waals surface area contributed by atoms with E-state index in [0.29, 0.717) is 0 Å². The summed E-state index contributed by atoms with van der Waals surface area (Å²) in [6.07, 6.45) is 2.53. The van der Waals surface area contributed by atoms with Crippen LogP contribution in [0.15, 0.2) is 12.1 Å². The zero-order valence-corrected chi connectivity index (χ0v) is 12.9. The molecule has 2 rings (SSSR count). The second-order valence-corrected chi connectivity index (χ2v) is 6.10. The smallest absolute Gasteiger partial charge is 0.128 e. The molecule has 0 saturated carbocycles. The van der Waals surface area contributed by atoms with Crippen LogP contribution in [0.5, 0.6) is 0 Å². The molecule has 1 aliphatic rings. The van der Waals surface area contributed by atoms with Crippen molar-refractivity contribution in [3.05, 3.63) is 22.8 Å². The van der Waals surface area contributed by atoms with E-state index in [0.717, 1.165) is 48.0 Å². The molecule has 1 N–H and O–H groups in total. The normalized spacial score (nSPS) is 17.2. The van der Waals surface area contributed by atoms with Crippen LogP contribution in [0.2, 0.25) is 5.02 Å². The highest BCUT2D eigenvalue weighted by atomic mass is 35.5. The van der Waals surface area contributed by atoms with Crippen LogP contribution in [0.1, 0.15) is 32.4 Å². The summed E-state index contributed by atoms with van der Waals surface area (Å²) in [6, 6.07) is 4.00. The van der Waals surface area contributed by atoms with Crippen LogP contribution in [0, 0.1) is 11.8 Å². The molecule has 1 fully saturated rings. The van der Waals surface area contributed by atoms with Gasteiger partial charge < -0.3 is 10.2 Å². The van der Waals surface area contributed by atoms with E-state index >= 15 is 0 Å². The zero-order valence-electron chi connectivity index (χ0n) is 12.1. The first-order chi connectivity index (χ1) is 9.11. The number of hydrogen-bond acceptors (Lipinski definition) is 3. The van der Waals surface area contributed by atoms with Gasteiger partial charge in [-0.3, -0.25) is 0 Å². The van der Waals surface area contributed by atoms with Gasteiger partial charge in [0.05, 0.1) is 10.7 Å². The topological polar surface area (TPSA) is 28.2 Å². The Morgan fingerprint density at radius 2 is 2.05 bits per heavy atom. The summed E-state index contributed by atoms with van der Waals surface area (Å²) in [5, 5.41) is 3.86. The second-order valence-electron chi connectivity index (χ2n) is 5.70. The third-order valence-electron chi connectivity index (χ3n) is 4.05. The average Bonchev–Trinajstić information content (AvgIpc) is 2.41. The molecule has 0 atom stereocenters. The van der Waals surface area contributed by atoms with E-state index in [-0.39, 0.29) is 0 Å². The monoisotopic (exact) mass is 281 g/mol. The largest absolute Gasteiger partial charge is 0.357 e. The van der Waals surface area contributed by atoms with Crippen molar-refractivity contribution in [3.8, 4) is 0 Å². The van der Waals surface area contributed by atoms with E-state index < -0.39 is 0 Å². The van der Waals surface area contributed by atoms with Gasteiger partial charge in [0, 0.05) is 19.6 Å². The lowest BCUT2D eigenvalue weighted by Crippen LogP contribution is -2.35. The minimum atomic E-state index is 0.717. The molecule has 0 amide bonds. The Morgan fingerprint density at radius 3 is 2.63 bits per heavy atom. The van der Waals surface area contributed by atoms with E-state index in [4.69, 9.17) is 11.6 Å². The molecule has 3 nitrogen and oxygen atoms in total. The molecule has 0 bridgehead atoms. The Labute approximate surface area is 121 Å². The van der Waals surface area contributed by atoms with E-state index in [1.807, 2.05) is 19.2 Å². The third kappa shape index (κ3) is 3.61. The SMILES string of the molecule is CNCc1nc(N2CCC(C(C)C)CC2)ccc1Cl. The number of hydrogen-bond donors (Lipinski definition) is 1. The fourth-order valence-corrected chi connectivity index (χ4v) is 2.91. The summed E-state index contributed by atoms with van der Waals surface area (Å²) in [4.78, 5) is 7.07. The average molecular weight is 282 g/mol. The first-order valence-electron chi connectivity index (χ1n) is 7.16. The Morgan fingerprint density at radius 1 is 1.37 bits per heavy atom. The molecule has 4 heteroatoms. The van der Waals surface area contributed by atoms with Crippen molar-refractivity contribution in [2.24, 2.45) is 11.8 Å².